The standard InChI is InChI=1S/C21H31N3O3/c1-16(2)15-23-9-11-24(12-10-23)21(26)4-3-13-27-18-6-7-19-17(14-18)5-8-20(25)22-19/h6-7,14,16H,3-5,8-13,15H2,1-2H3,(H,22,25). The van der Waals surface area contributed by atoms with Crippen molar-refractivity contribution in [3.05, 3.63) is 23.8 Å². The Balaban J connectivity index is 1.36. The molecule has 2 heterocycles. The zero-order valence-electron chi connectivity index (χ0n) is 16.5. The number of benzene rings is 1. The first-order valence-corrected chi connectivity index (χ1v) is 10.1. The lowest BCUT2D eigenvalue weighted by Gasteiger charge is -2.35. The van der Waals surface area contributed by atoms with Crippen LogP contribution in [-0.4, -0.2) is 60.9 Å². The number of fused-ring (bicyclic) bond motifs is 1. The summed E-state index contributed by atoms with van der Waals surface area (Å²) >= 11 is 0. The molecule has 6 heteroatoms. The van der Waals surface area contributed by atoms with Gasteiger partial charge in [-0.3, -0.25) is 14.5 Å². The van der Waals surface area contributed by atoms with Crippen LogP contribution in [0.3, 0.4) is 0 Å². The molecule has 1 aromatic rings. The van der Waals surface area contributed by atoms with E-state index in [1.54, 1.807) is 0 Å². The molecule has 148 valence electrons. The monoisotopic (exact) mass is 373 g/mol. The van der Waals surface area contributed by atoms with Crippen LogP contribution in [0.25, 0.3) is 0 Å². The van der Waals surface area contributed by atoms with E-state index in [2.05, 4.69) is 24.1 Å². The molecule has 1 fully saturated rings. The highest BCUT2D eigenvalue weighted by Gasteiger charge is 2.21. The molecular formula is C21H31N3O3. The van der Waals surface area contributed by atoms with Crippen molar-refractivity contribution in [2.75, 3.05) is 44.6 Å². The van der Waals surface area contributed by atoms with Gasteiger partial charge in [0.2, 0.25) is 11.8 Å². The normalized spacial score (nSPS) is 17.6. The first-order chi connectivity index (χ1) is 13.0. The predicted molar refractivity (Wildman–Crippen MR) is 106 cm³/mol. The number of hydrogen-bond acceptors (Lipinski definition) is 4. The smallest absolute Gasteiger partial charge is 0.224 e. The van der Waals surface area contributed by atoms with E-state index in [1.807, 2.05) is 23.1 Å². The SMILES string of the molecule is CC(C)CN1CCN(C(=O)CCCOc2ccc3c(c2)CCC(=O)N3)CC1. The minimum absolute atomic E-state index is 0.0692. The topological polar surface area (TPSA) is 61.9 Å². The van der Waals surface area contributed by atoms with E-state index < -0.39 is 0 Å². The third kappa shape index (κ3) is 5.70. The molecule has 3 rings (SSSR count). The highest BCUT2D eigenvalue weighted by molar-refractivity contribution is 5.94. The van der Waals surface area contributed by atoms with Crippen LogP contribution in [0.15, 0.2) is 18.2 Å². The Morgan fingerprint density at radius 3 is 2.70 bits per heavy atom. The summed E-state index contributed by atoms with van der Waals surface area (Å²) in [7, 11) is 0. The summed E-state index contributed by atoms with van der Waals surface area (Å²) in [4.78, 5) is 28.2. The van der Waals surface area contributed by atoms with E-state index >= 15 is 0 Å². The molecule has 0 spiro atoms. The molecule has 27 heavy (non-hydrogen) atoms. The zero-order chi connectivity index (χ0) is 19.2. The maximum Gasteiger partial charge on any atom is 0.224 e. The van der Waals surface area contributed by atoms with E-state index in [4.69, 9.17) is 4.74 Å². The number of anilines is 1. The van der Waals surface area contributed by atoms with Crippen molar-refractivity contribution in [1.29, 1.82) is 0 Å². The fourth-order valence-electron chi connectivity index (χ4n) is 3.72. The van der Waals surface area contributed by atoms with Crippen molar-refractivity contribution < 1.29 is 14.3 Å². The molecule has 0 unspecified atom stereocenters. The van der Waals surface area contributed by atoms with Gasteiger partial charge in [-0.1, -0.05) is 13.8 Å². The van der Waals surface area contributed by atoms with E-state index in [0.29, 0.717) is 25.4 Å². The fraction of sp³-hybridized carbons (Fsp3) is 0.619. The summed E-state index contributed by atoms with van der Waals surface area (Å²) in [5.74, 6) is 1.78. The first-order valence-electron chi connectivity index (χ1n) is 10.1. The minimum atomic E-state index is 0.0692. The molecule has 0 bridgehead atoms. The van der Waals surface area contributed by atoms with Gasteiger partial charge in [-0.2, -0.15) is 0 Å². The van der Waals surface area contributed by atoms with Crippen molar-refractivity contribution in [2.45, 2.75) is 39.5 Å². The Labute approximate surface area is 161 Å². The van der Waals surface area contributed by atoms with Crippen LogP contribution < -0.4 is 10.1 Å². The van der Waals surface area contributed by atoms with Crippen molar-refractivity contribution >= 4 is 17.5 Å². The van der Waals surface area contributed by atoms with Crippen molar-refractivity contribution in [3.63, 3.8) is 0 Å². The highest BCUT2D eigenvalue weighted by atomic mass is 16.5. The predicted octanol–water partition coefficient (Wildman–Crippen LogP) is 2.53. The number of amides is 2. The molecule has 1 N–H and O–H groups in total. The van der Waals surface area contributed by atoms with Gasteiger partial charge in [0.05, 0.1) is 6.61 Å². The third-order valence-electron chi connectivity index (χ3n) is 5.12. The number of piperazine rings is 1. The van der Waals surface area contributed by atoms with Gasteiger partial charge in [-0.05, 0) is 42.5 Å². The molecule has 1 saturated heterocycles. The van der Waals surface area contributed by atoms with E-state index in [1.165, 1.54) is 0 Å². The summed E-state index contributed by atoms with van der Waals surface area (Å²) in [6.45, 7) is 9.74. The number of carbonyl (C=O) groups is 2. The summed E-state index contributed by atoms with van der Waals surface area (Å²) in [5.41, 5.74) is 1.99. The lowest BCUT2D eigenvalue weighted by atomic mass is 10.0. The Hall–Kier alpha value is -2.08. The Bertz CT molecular complexity index is 667. The summed E-state index contributed by atoms with van der Waals surface area (Å²) in [5, 5.41) is 2.87. The van der Waals surface area contributed by atoms with Crippen molar-refractivity contribution in [3.8, 4) is 5.75 Å². The summed E-state index contributed by atoms with van der Waals surface area (Å²) < 4.78 is 5.81. The molecule has 0 atom stereocenters. The zero-order valence-corrected chi connectivity index (χ0v) is 16.5. The van der Waals surface area contributed by atoms with Gasteiger partial charge in [0.15, 0.2) is 0 Å². The van der Waals surface area contributed by atoms with Gasteiger partial charge in [0.25, 0.3) is 0 Å². The Morgan fingerprint density at radius 1 is 1.19 bits per heavy atom. The van der Waals surface area contributed by atoms with Crippen LogP contribution in [0.2, 0.25) is 0 Å². The average molecular weight is 373 g/mol. The molecule has 0 aliphatic carbocycles. The number of ether oxygens (including phenoxy) is 1. The molecule has 0 saturated carbocycles. The van der Waals surface area contributed by atoms with Crippen LogP contribution >= 0.6 is 0 Å². The molecular weight excluding hydrogens is 342 g/mol. The molecule has 2 amide bonds. The number of nitrogens with one attached hydrogen (secondary N) is 1. The van der Waals surface area contributed by atoms with Gasteiger partial charge in [0, 0.05) is 51.3 Å². The van der Waals surface area contributed by atoms with Gasteiger partial charge < -0.3 is 15.0 Å². The van der Waals surface area contributed by atoms with Crippen LogP contribution in [0.1, 0.15) is 38.7 Å². The molecule has 0 radical (unpaired) electrons. The molecule has 6 nitrogen and oxygen atoms in total. The van der Waals surface area contributed by atoms with Gasteiger partial charge >= 0.3 is 0 Å². The molecule has 1 aromatic carbocycles. The fourth-order valence-corrected chi connectivity index (χ4v) is 3.72. The second-order valence-electron chi connectivity index (χ2n) is 7.89. The number of nitrogens with zero attached hydrogens (tertiary/aromatic N) is 2. The van der Waals surface area contributed by atoms with E-state index in [0.717, 1.165) is 62.6 Å². The second kappa shape index (κ2) is 9.22. The Kier molecular flexibility index (Phi) is 6.72. The van der Waals surface area contributed by atoms with Crippen LogP contribution in [0.5, 0.6) is 5.75 Å². The lowest BCUT2D eigenvalue weighted by Crippen LogP contribution is -2.49. The van der Waals surface area contributed by atoms with Crippen molar-refractivity contribution in [1.82, 2.24) is 9.80 Å². The van der Waals surface area contributed by atoms with Crippen molar-refractivity contribution in [2.24, 2.45) is 5.92 Å². The molecule has 2 aliphatic rings. The first kappa shape index (κ1) is 19.7. The number of rotatable bonds is 7. The number of aryl methyl sites for hydroxylation is 1. The van der Waals surface area contributed by atoms with Crippen LogP contribution in [-0.2, 0) is 16.0 Å². The highest BCUT2D eigenvalue weighted by Crippen LogP contribution is 2.26. The molecule has 0 aromatic heterocycles. The molecule has 2 aliphatic heterocycles. The number of hydrogen-bond donors (Lipinski definition) is 1. The maximum absolute atomic E-state index is 12.4. The second-order valence-corrected chi connectivity index (χ2v) is 7.89. The van der Waals surface area contributed by atoms with E-state index in [-0.39, 0.29) is 11.8 Å². The van der Waals surface area contributed by atoms with Crippen LogP contribution in [0, 0.1) is 5.92 Å². The largest absolute Gasteiger partial charge is 0.494 e. The maximum atomic E-state index is 12.4. The van der Waals surface area contributed by atoms with E-state index in [9.17, 15) is 9.59 Å². The van der Waals surface area contributed by atoms with Gasteiger partial charge in [-0.15, -0.1) is 0 Å². The number of carbonyl (C=O) groups excluding carboxylic acids is 2. The third-order valence-corrected chi connectivity index (χ3v) is 5.12. The lowest BCUT2D eigenvalue weighted by molar-refractivity contribution is -0.133. The van der Waals surface area contributed by atoms with Gasteiger partial charge in [-0.25, -0.2) is 0 Å². The minimum Gasteiger partial charge on any atom is -0.494 e. The average Bonchev–Trinajstić information content (AvgIpc) is 2.65. The summed E-state index contributed by atoms with van der Waals surface area (Å²) in [6.07, 6.45) is 2.53. The summed E-state index contributed by atoms with van der Waals surface area (Å²) in [6, 6.07) is 5.76. The quantitative estimate of drug-likeness (QED) is 0.746. The van der Waals surface area contributed by atoms with Gasteiger partial charge in [0.1, 0.15) is 5.75 Å². The van der Waals surface area contributed by atoms with Crippen LogP contribution in [0.4, 0.5) is 5.69 Å². The Morgan fingerprint density at radius 2 is 1.96 bits per heavy atom.